The van der Waals surface area contributed by atoms with Gasteiger partial charge in [-0.1, -0.05) is 12.8 Å². The maximum atomic E-state index is 12.7. The van der Waals surface area contributed by atoms with E-state index in [1.165, 1.54) is 6.42 Å². The fourth-order valence-corrected chi connectivity index (χ4v) is 4.55. The predicted molar refractivity (Wildman–Crippen MR) is 87.3 cm³/mol. The summed E-state index contributed by atoms with van der Waals surface area (Å²) in [6.07, 6.45) is 5.04. The summed E-state index contributed by atoms with van der Waals surface area (Å²) in [6.45, 7) is 3.95. The van der Waals surface area contributed by atoms with Crippen LogP contribution in [0.3, 0.4) is 0 Å². The van der Waals surface area contributed by atoms with Crippen molar-refractivity contribution in [2.45, 2.75) is 51.1 Å². The molecule has 3 fully saturated rings. The highest BCUT2D eigenvalue weighted by Gasteiger charge is 2.46. The molecule has 0 aromatic heterocycles. The number of rotatable bonds is 3. The molecule has 0 unspecified atom stereocenters. The zero-order chi connectivity index (χ0) is 17.3. The van der Waals surface area contributed by atoms with Crippen LogP contribution in [0.4, 0.5) is 0 Å². The van der Waals surface area contributed by atoms with E-state index in [1.54, 1.807) is 16.7 Å². The molecule has 0 bridgehead atoms. The highest BCUT2D eigenvalue weighted by Crippen LogP contribution is 2.39. The van der Waals surface area contributed by atoms with Gasteiger partial charge in [0.15, 0.2) is 0 Å². The summed E-state index contributed by atoms with van der Waals surface area (Å²) in [5.41, 5.74) is 0. The van der Waals surface area contributed by atoms with Gasteiger partial charge in [0.1, 0.15) is 6.04 Å². The first-order valence-electron chi connectivity index (χ1n) is 8.99. The molecular weight excluding hydrogens is 310 g/mol. The molecule has 3 rings (SSSR count). The fourth-order valence-electron chi connectivity index (χ4n) is 4.55. The number of likely N-dealkylation sites (tertiary alicyclic amines) is 1. The van der Waals surface area contributed by atoms with Gasteiger partial charge in [-0.3, -0.25) is 19.3 Å². The van der Waals surface area contributed by atoms with Crippen molar-refractivity contribution in [2.75, 3.05) is 32.7 Å². The number of amides is 2. The van der Waals surface area contributed by atoms with Gasteiger partial charge in [-0.15, -0.1) is 0 Å². The molecule has 2 heterocycles. The number of piperazine rings is 1. The summed E-state index contributed by atoms with van der Waals surface area (Å²) >= 11 is 0. The van der Waals surface area contributed by atoms with Gasteiger partial charge in [-0.25, -0.2) is 0 Å². The molecule has 7 heteroatoms. The van der Waals surface area contributed by atoms with Crippen LogP contribution in [0.1, 0.15) is 39.0 Å². The maximum Gasteiger partial charge on any atom is 0.320 e. The standard InChI is InChI=1S/C17H27N3O4/c1-12(21)18-6-8-19(9-7-18)16(22)11-20-14-5-3-2-4-13(14)10-15(20)17(23)24/h13-15H,2-11H2,1H3,(H,23,24)/t13-,14+,15-/m0/s1. The van der Waals surface area contributed by atoms with Gasteiger partial charge < -0.3 is 14.9 Å². The topological polar surface area (TPSA) is 81.2 Å². The summed E-state index contributed by atoms with van der Waals surface area (Å²) in [4.78, 5) is 41.1. The number of carbonyl (C=O) groups is 3. The van der Waals surface area contributed by atoms with Gasteiger partial charge in [0.05, 0.1) is 6.54 Å². The van der Waals surface area contributed by atoms with Crippen LogP contribution < -0.4 is 0 Å². The minimum Gasteiger partial charge on any atom is -0.480 e. The monoisotopic (exact) mass is 337 g/mol. The molecule has 0 radical (unpaired) electrons. The number of carboxylic acids is 1. The highest BCUT2D eigenvalue weighted by molar-refractivity contribution is 5.81. The van der Waals surface area contributed by atoms with Crippen molar-refractivity contribution >= 4 is 17.8 Å². The minimum atomic E-state index is -0.807. The molecule has 1 N–H and O–H groups in total. The number of fused-ring (bicyclic) bond motifs is 1. The van der Waals surface area contributed by atoms with Crippen LogP contribution in [0.5, 0.6) is 0 Å². The number of nitrogens with zero attached hydrogens (tertiary/aromatic N) is 3. The third-order valence-corrected chi connectivity index (χ3v) is 5.90. The molecule has 2 saturated heterocycles. The fraction of sp³-hybridized carbons (Fsp3) is 0.824. The molecule has 134 valence electrons. The Bertz CT molecular complexity index is 516. The van der Waals surface area contributed by atoms with E-state index in [-0.39, 0.29) is 24.4 Å². The number of hydrogen-bond acceptors (Lipinski definition) is 4. The van der Waals surface area contributed by atoms with Crippen molar-refractivity contribution in [1.82, 2.24) is 14.7 Å². The summed E-state index contributed by atoms with van der Waals surface area (Å²) in [5, 5.41) is 9.54. The molecular formula is C17H27N3O4. The zero-order valence-electron chi connectivity index (χ0n) is 14.3. The first-order valence-corrected chi connectivity index (χ1v) is 8.99. The number of aliphatic carboxylic acids is 1. The number of carboxylic acid groups (broad SMARTS) is 1. The quantitative estimate of drug-likeness (QED) is 0.806. The Morgan fingerprint density at radius 3 is 2.25 bits per heavy atom. The Labute approximate surface area is 142 Å². The molecule has 0 spiro atoms. The van der Waals surface area contributed by atoms with Gasteiger partial charge in [-0.05, 0) is 25.2 Å². The Morgan fingerprint density at radius 2 is 1.62 bits per heavy atom. The van der Waals surface area contributed by atoms with Gasteiger partial charge in [-0.2, -0.15) is 0 Å². The van der Waals surface area contributed by atoms with Crippen LogP contribution in [0.15, 0.2) is 0 Å². The largest absolute Gasteiger partial charge is 0.480 e. The normalized spacial score (nSPS) is 31.0. The molecule has 0 aromatic carbocycles. The van der Waals surface area contributed by atoms with Gasteiger partial charge >= 0.3 is 5.97 Å². The molecule has 0 aromatic rings. The van der Waals surface area contributed by atoms with E-state index in [2.05, 4.69) is 0 Å². The first kappa shape index (κ1) is 17.2. The molecule has 3 aliphatic rings. The lowest BCUT2D eigenvalue weighted by molar-refractivity contribution is -0.145. The lowest BCUT2D eigenvalue weighted by Crippen LogP contribution is -2.54. The number of carbonyl (C=O) groups excluding carboxylic acids is 2. The summed E-state index contributed by atoms with van der Waals surface area (Å²) < 4.78 is 0. The molecule has 2 amide bonds. The molecule has 1 saturated carbocycles. The molecule has 7 nitrogen and oxygen atoms in total. The van der Waals surface area contributed by atoms with Crippen LogP contribution >= 0.6 is 0 Å². The third kappa shape index (κ3) is 3.41. The first-order chi connectivity index (χ1) is 11.5. The Hall–Kier alpha value is -1.63. The van der Waals surface area contributed by atoms with E-state index in [4.69, 9.17) is 0 Å². The molecule has 1 aliphatic carbocycles. The average Bonchev–Trinajstić information content (AvgIpc) is 2.94. The Balaban J connectivity index is 1.62. The highest BCUT2D eigenvalue weighted by atomic mass is 16.4. The van der Waals surface area contributed by atoms with Crippen molar-refractivity contribution in [3.63, 3.8) is 0 Å². The third-order valence-electron chi connectivity index (χ3n) is 5.90. The van der Waals surface area contributed by atoms with Crippen LogP contribution in [0, 0.1) is 5.92 Å². The van der Waals surface area contributed by atoms with E-state index in [0.29, 0.717) is 38.5 Å². The van der Waals surface area contributed by atoms with Crippen molar-refractivity contribution in [1.29, 1.82) is 0 Å². The summed E-state index contributed by atoms with van der Waals surface area (Å²) in [5.74, 6) is -0.353. The van der Waals surface area contributed by atoms with Gasteiger partial charge in [0.25, 0.3) is 0 Å². The summed E-state index contributed by atoms with van der Waals surface area (Å²) in [7, 11) is 0. The van der Waals surface area contributed by atoms with Crippen LogP contribution in [-0.2, 0) is 14.4 Å². The Kier molecular flexibility index (Phi) is 5.08. The smallest absolute Gasteiger partial charge is 0.320 e. The maximum absolute atomic E-state index is 12.7. The van der Waals surface area contributed by atoms with Crippen LogP contribution in [0.2, 0.25) is 0 Å². The summed E-state index contributed by atoms with van der Waals surface area (Å²) in [6, 6.07) is -0.289. The minimum absolute atomic E-state index is 0.00400. The number of hydrogen-bond donors (Lipinski definition) is 1. The predicted octanol–water partition coefficient (Wildman–Crippen LogP) is 0.395. The zero-order valence-corrected chi connectivity index (χ0v) is 14.3. The van der Waals surface area contributed by atoms with E-state index in [0.717, 1.165) is 19.3 Å². The Morgan fingerprint density at radius 1 is 1.00 bits per heavy atom. The lowest BCUT2D eigenvalue weighted by atomic mass is 9.85. The van der Waals surface area contributed by atoms with E-state index < -0.39 is 12.0 Å². The second-order valence-corrected chi connectivity index (χ2v) is 7.26. The average molecular weight is 337 g/mol. The van der Waals surface area contributed by atoms with Crippen molar-refractivity contribution in [3.05, 3.63) is 0 Å². The van der Waals surface area contributed by atoms with E-state index in [9.17, 15) is 19.5 Å². The van der Waals surface area contributed by atoms with Crippen LogP contribution in [0.25, 0.3) is 0 Å². The van der Waals surface area contributed by atoms with Gasteiger partial charge in [0, 0.05) is 39.1 Å². The van der Waals surface area contributed by atoms with Gasteiger partial charge in [0.2, 0.25) is 11.8 Å². The second-order valence-electron chi connectivity index (χ2n) is 7.26. The molecule has 2 aliphatic heterocycles. The van der Waals surface area contributed by atoms with Crippen molar-refractivity contribution in [2.24, 2.45) is 5.92 Å². The second kappa shape index (κ2) is 7.09. The van der Waals surface area contributed by atoms with Crippen LogP contribution in [-0.4, -0.2) is 82.4 Å². The van der Waals surface area contributed by atoms with E-state index in [1.807, 2.05) is 4.90 Å². The molecule has 24 heavy (non-hydrogen) atoms. The van der Waals surface area contributed by atoms with E-state index >= 15 is 0 Å². The lowest BCUT2D eigenvalue weighted by Gasteiger charge is -2.37. The van der Waals surface area contributed by atoms with Crippen molar-refractivity contribution < 1.29 is 19.5 Å². The van der Waals surface area contributed by atoms with Crippen molar-refractivity contribution in [3.8, 4) is 0 Å². The SMILES string of the molecule is CC(=O)N1CCN(C(=O)CN2[C@@H]3CCCC[C@H]3C[C@H]2C(=O)O)CC1. The molecule has 3 atom stereocenters.